The van der Waals surface area contributed by atoms with Crippen LogP contribution in [-0.2, 0) is 14.4 Å². The molecular weight excluding hydrogens is 344 g/mol. The van der Waals surface area contributed by atoms with Gasteiger partial charge < -0.3 is 9.47 Å². The molecular formula is C22H30O5. The van der Waals surface area contributed by atoms with Gasteiger partial charge in [0, 0.05) is 19.3 Å². The van der Waals surface area contributed by atoms with Crippen molar-refractivity contribution in [3.8, 4) is 11.5 Å². The first-order valence-electron chi connectivity index (χ1n) is 10.1. The van der Waals surface area contributed by atoms with E-state index in [1.807, 2.05) is 13.8 Å². The Hall–Kier alpha value is -2.17. The van der Waals surface area contributed by atoms with Gasteiger partial charge in [-0.25, -0.2) is 0 Å². The van der Waals surface area contributed by atoms with Gasteiger partial charge in [-0.1, -0.05) is 13.8 Å². The van der Waals surface area contributed by atoms with E-state index in [1.54, 1.807) is 24.3 Å². The van der Waals surface area contributed by atoms with Crippen LogP contribution in [0.25, 0.3) is 0 Å². The zero-order valence-electron chi connectivity index (χ0n) is 16.4. The number of esters is 2. The Balaban J connectivity index is 1.75. The topological polar surface area (TPSA) is 69.7 Å². The molecule has 0 heterocycles. The minimum Gasteiger partial charge on any atom is -0.427 e. The molecule has 0 amide bonds. The molecule has 0 atom stereocenters. The van der Waals surface area contributed by atoms with Crippen molar-refractivity contribution in [2.75, 3.05) is 0 Å². The standard InChI is InChI=1S/C22H30O5/c1-3-5-21(24)26-19-12-14-20(15-13-19)27-22(25)17-9-6-16(7-10-17)8-11-18(23)4-2/h12-17H,3-11H2,1-2H3/t16-,17-. The Morgan fingerprint density at radius 1 is 0.889 bits per heavy atom. The van der Waals surface area contributed by atoms with Crippen molar-refractivity contribution in [1.82, 2.24) is 0 Å². The van der Waals surface area contributed by atoms with Crippen LogP contribution >= 0.6 is 0 Å². The van der Waals surface area contributed by atoms with Gasteiger partial charge in [0.05, 0.1) is 5.92 Å². The number of hydrogen-bond donors (Lipinski definition) is 0. The van der Waals surface area contributed by atoms with Crippen molar-refractivity contribution in [1.29, 1.82) is 0 Å². The fourth-order valence-electron chi connectivity index (χ4n) is 3.39. The Bertz CT molecular complexity index is 627. The second-order valence-electron chi connectivity index (χ2n) is 7.27. The molecule has 0 spiro atoms. The van der Waals surface area contributed by atoms with Crippen LogP contribution in [0.5, 0.6) is 11.5 Å². The van der Waals surface area contributed by atoms with Crippen molar-refractivity contribution in [2.45, 2.75) is 71.6 Å². The lowest BCUT2D eigenvalue weighted by atomic mass is 9.79. The van der Waals surface area contributed by atoms with Crippen LogP contribution in [0, 0.1) is 11.8 Å². The highest BCUT2D eigenvalue weighted by molar-refractivity contribution is 5.78. The molecule has 1 aromatic carbocycles. The first kappa shape index (κ1) is 21.1. The predicted molar refractivity (Wildman–Crippen MR) is 103 cm³/mol. The Morgan fingerprint density at radius 3 is 2.04 bits per heavy atom. The highest BCUT2D eigenvalue weighted by Crippen LogP contribution is 2.33. The van der Waals surface area contributed by atoms with E-state index < -0.39 is 0 Å². The summed E-state index contributed by atoms with van der Waals surface area (Å²) in [7, 11) is 0. The molecule has 1 aliphatic rings. The molecule has 0 N–H and O–H groups in total. The molecule has 1 aliphatic carbocycles. The number of ether oxygens (including phenoxy) is 2. The van der Waals surface area contributed by atoms with Gasteiger partial charge in [-0.3, -0.25) is 14.4 Å². The van der Waals surface area contributed by atoms with E-state index in [0.29, 0.717) is 42.5 Å². The monoisotopic (exact) mass is 374 g/mol. The van der Waals surface area contributed by atoms with Gasteiger partial charge in [-0.05, 0) is 68.7 Å². The summed E-state index contributed by atoms with van der Waals surface area (Å²) >= 11 is 0. The van der Waals surface area contributed by atoms with Crippen LogP contribution in [0.2, 0.25) is 0 Å². The second-order valence-corrected chi connectivity index (χ2v) is 7.27. The van der Waals surface area contributed by atoms with Crippen LogP contribution in [-0.4, -0.2) is 17.7 Å². The highest BCUT2D eigenvalue weighted by Gasteiger charge is 2.27. The van der Waals surface area contributed by atoms with Crippen LogP contribution in [0.15, 0.2) is 24.3 Å². The molecule has 0 aliphatic heterocycles. The van der Waals surface area contributed by atoms with Gasteiger partial charge in [0.25, 0.3) is 0 Å². The molecule has 1 saturated carbocycles. The number of carbonyl (C=O) groups excluding carboxylic acids is 3. The normalized spacial score (nSPS) is 19.3. The van der Waals surface area contributed by atoms with Crippen molar-refractivity contribution >= 4 is 17.7 Å². The van der Waals surface area contributed by atoms with Crippen molar-refractivity contribution in [2.24, 2.45) is 11.8 Å². The third-order valence-electron chi connectivity index (χ3n) is 5.13. The second kappa shape index (κ2) is 10.9. The molecule has 148 valence electrons. The number of hydrogen-bond acceptors (Lipinski definition) is 5. The summed E-state index contributed by atoms with van der Waals surface area (Å²) in [5.74, 6) is 1.24. The first-order chi connectivity index (χ1) is 13.0. The summed E-state index contributed by atoms with van der Waals surface area (Å²) in [5, 5.41) is 0. The smallest absolute Gasteiger partial charge is 0.314 e. The maximum Gasteiger partial charge on any atom is 0.314 e. The van der Waals surface area contributed by atoms with Crippen molar-refractivity contribution in [3.05, 3.63) is 24.3 Å². The van der Waals surface area contributed by atoms with Gasteiger partial charge in [0.2, 0.25) is 0 Å². The summed E-state index contributed by atoms with van der Waals surface area (Å²) in [6.07, 6.45) is 6.91. The first-order valence-corrected chi connectivity index (χ1v) is 10.1. The van der Waals surface area contributed by atoms with Crippen LogP contribution in [0.3, 0.4) is 0 Å². The summed E-state index contributed by atoms with van der Waals surface area (Å²) in [6.45, 7) is 3.82. The lowest BCUT2D eigenvalue weighted by Gasteiger charge is -2.27. The van der Waals surface area contributed by atoms with E-state index in [-0.39, 0.29) is 17.9 Å². The maximum absolute atomic E-state index is 12.4. The Kier molecular flexibility index (Phi) is 8.49. The highest BCUT2D eigenvalue weighted by atomic mass is 16.5. The van der Waals surface area contributed by atoms with Crippen LogP contribution in [0.4, 0.5) is 0 Å². The SMILES string of the molecule is CCCC(=O)Oc1ccc(OC(=O)[C@H]2CC[C@H](CCC(=O)CC)CC2)cc1. The summed E-state index contributed by atoms with van der Waals surface area (Å²) in [5.41, 5.74) is 0. The lowest BCUT2D eigenvalue weighted by Crippen LogP contribution is -2.26. The van der Waals surface area contributed by atoms with Gasteiger partial charge in [-0.15, -0.1) is 0 Å². The quantitative estimate of drug-likeness (QED) is 0.456. The predicted octanol–water partition coefficient (Wildman–Crippen LogP) is 4.86. The molecule has 5 heteroatoms. The number of rotatable bonds is 9. The average Bonchev–Trinajstić information content (AvgIpc) is 2.68. The molecule has 0 unspecified atom stereocenters. The zero-order valence-corrected chi connectivity index (χ0v) is 16.4. The minimum atomic E-state index is -0.264. The number of Topliss-reactive ketones (excluding diaryl/α,β-unsaturated/α-hetero) is 1. The molecule has 1 aromatic rings. The molecule has 27 heavy (non-hydrogen) atoms. The Morgan fingerprint density at radius 2 is 1.48 bits per heavy atom. The lowest BCUT2D eigenvalue weighted by molar-refractivity contribution is -0.140. The van der Waals surface area contributed by atoms with Crippen LogP contribution < -0.4 is 9.47 Å². The van der Waals surface area contributed by atoms with E-state index in [4.69, 9.17) is 9.47 Å². The minimum absolute atomic E-state index is 0.0785. The molecule has 1 fully saturated rings. The zero-order chi connectivity index (χ0) is 19.6. The summed E-state index contributed by atoms with van der Waals surface area (Å²) < 4.78 is 10.7. The molecule has 0 radical (unpaired) electrons. The van der Waals surface area contributed by atoms with Gasteiger partial charge in [-0.2, -0.15) is 0 Å². The van der Waals surface area contributed by atoms with E-state index in [0.717, 1.165) is 38.5 Å². The number of ketones is 1. The fraction of sp³-hybridized carbons (Fsp3) is 0.591. The Labute approximate surface area is 161 Å². The fourth-order valence-corrected chi connectivity index (χ4v) is 3.39. The van der Waals surface area contributed by atoms with Crippen LogP contribution in [0.1, 0.15) is 71.6 Å². The van der Waals surface area contributed by atoms with Crippen molar-refractivity contribution < 1.29 is 23.9 Å². The molecule has 2 rings (SSSR count). The molecule has 0 saturated heterocycles. The number of benzene rings is 1. The third-order valence-corrected chi connectivity index (χ3v) is 5.13. The maximum atomic E-state index is 12.4. The number of carbonyl (C=O) groups is 3. The van der Waals surface area contributed by atoms with E-state index in [9.17, 15) is 14.4 Å². The molecule has 0 aromatic heterocycles. The third kappa shape index (κ3) is 7.16. The summed E-state index contributed by atoms with van der Waals surface area (Å²) in [4.78, 5) is 35.3. The van der Waals surface area contributed by atoms with E-state index >= 15 is 0 Å². The van der Waals surface area contributed by atoms with E-state index in [2.05, 4.69) is 0 Å². The largest absolute Gasteiger partial charge is 0.427 e. The van der Waals surface area contributed by atoms with E-state index in [1.165, 1.54) is 0 Å². The average molecular weight is 374 g/mol. The molecule has 0 bridgehead atoms. The summed E-state index contributed by atoms with van der Waals surface area (Å²) in [6, 6.07) is 6.57. The van der Waals surface area contributed by atoms with Gasteiger partial charge in [0.15, 0.2) is 0 Å². The van der Waals surface area contributed by atoms with Gasteiger partial charge >= 0.3 is 11.9 Å². The molecule has 5 nitrogen and oxygen atoms in total. The van der Waals surface area contributed by atoms with Gasteiger partial charge in [0.1, 0.15) is 17.3 Å². The van der Waals surface area contributed by atoms with Crippen molar-refractivity contribution in [3.63, 3.8) is 0 Å².